The fourth-order valence-corrected chi connectivity index (χ4v) is 3.48. The van der Waals surface area contributed by atoms with Crippen LogP contribution in [0.2, 0.25) is 0 Å². The molecule has 0 spiro atoms. The number of halogens is 3. The van der Waals surface area contributed by atoms with Crippen molar-refractivity contribution in [3.05, 3.63) is 53.7 Å². The number of rotatable bonds is 6. The van der Waals surface area contributed by atoms with Crippen LogP contribution in [-0.2, 0) is 12.7 Å². The Morgan fingerprint density at radius 3 is 2.42 bits per heavy atom. The summed E-state index contributed by atoms with van der Waals surface area (Å²) in [5, 5.41) is 3.04. The molecule has 1 aliphatic rings. The summed E-state index contributed by atoms with van der Waals surface area (Å²) in [6, 6.07) is 9.94. The first-order valence-corrected chi connectivity index (χ1v) is 10.3. The normalized spacial score (nSPS) is 14.9. The molecule has 2 amide bonds. The standard InChI is InChI=1S/C22H27F3N4O2/c1-3-31-19-7-4-16(5-8-19)15-28(2)21(30)27-18-10-12-29(13-11-18)20-9-6-17(14-26-20)22(23,24)25/h4-9,14,18H,3,10-13,15H2,1-2H3,(H,27,30). The average molecular weight is 436 g/mol. The minimum Gasteiger partial charge on any atom is -0.494 e. The number of piperidine rings is 1. The molecular formula is C22H27F3N4O2. The lowest BCUT2D eigenvalue weighted by Gasteiger charge is -2.34. The Morgan fingerprint density at radius 1 is 1.19 bits per heavy atom. The molecule has 9 heteroatoms. The number of amides is 2. The van der Waals surface area contributed by atoms with Crippen LogP contribution in [-0.4, -0.2) is 48.7 Å². The van der Waals surface area contributed by atoms with Gasteiger partial charge in [-0.3, -0.25) is 0 Å². The zero-order valence-electron chi connectivity index (χ0n) is 17.7. The van der Waals surface area contributed by atoms with Gasteiger partial charge in [-0.05, 0) is 49.6 Å². The third-order valence-corrected chi connectivity index (χ3v) is 5.22. The second-order valence-corrected chi connectivity index (χ2v) is 7.55. The largest absolute Gasteiger partial charge is 0.494 e. The van der Waals surface area contributed by atoms with Crippen molar-refractivity contribution in [2.75, 3.05) is 31.6 Å². The highest BCUT2D eigenvalue weighted by atomic mass is 19.4. The van der Waals surface area contributed by atoms with Crippen LogP contribution in [0.15, 0.2) is 42.6 Å². The number of nitrogens with zero attached hydrogens (tertiary/aromatic N) is 3. The molecule has 0 bridgehead atoms. The molecule has 0 radical (unpaired) electrons. The predicted molar refractivity (Wildman–Crippen MR) is 112 cm³/mol. The van der Waals surface area contributed by atoms with Crippen LogP contribution < -0.4 is 15.0 Å². The summed E-state index contributed by atoms with van der Waals surface area (Å²) >= 11 is 0. The fraction of sp³-hybridized carbons (Fsp3) is 0.455. The first kappa shape index (κ1) is 22.7. The summed E-state index contributed by atoms with van der Waals surface area (Å²) in [4.78, 5) is 20.0. The number of ether oxygens (including phenoxy) is 1. The lowest BCUT2D eigenvalue weighted by molar-refractivity contribution is -0.137. The van der Waals surface area contributed by atoms with E-state index in [2.05, 4.69) is 10.3 Å². The smallest absolute Gasteiger partial charge is 0.417 e. The number of hydrogen-bond acceptors (Lipinski definition) is 4. The number of benzene rings is 1. The molecule has 1 aromatic carbocycles. The maximum atomic E-state index is 12.7. The van der Waals surface area contributed by atoms with Gasteiger partial charge in [-0.25, -0.2) is 9.78 Å². The van der Waals surface area contributed by atoms with Gasteiger partial charge in [-0.2, -0.15) is 13.2 Å². The average Bonchev–Trinajstić information content (AvgIpc) is 2.75. The van der Waals surface area contributed by atoms with E-state index in [4.69, 9.17) is 4.74 Å². The van der Waals surface area contributed by atoms with Crippen LogP contribution in [0.25, 0.3) is 0 Å². The summed E-state index contributed by atoms with van der Waals surface area (Å²) in [5.41, 5.74) is 0.248. The van der Waals surface area contributed by atoms with E-state index in [1.54, 1.807) is 11.9 Å². The second kappa shape index (κ2) is 9.89. The quantitative estimate of drug-likeness (QED) is 0.733. The van der Waals surface area contributed by atoms with Crippen molar-refractivity contribution in [2.45, 2.75) is 38.5 Å². The van der Waals surface area contributed by atoms with Gasteiger partial charge in [0.2, 0.25) is 0 Å². The third-order valence-electron chi connectivity index (χ3n) is 5.22. The number of aromatic nitrogens is 1. The molecule has 1 aliphatic heterocycles. The fourth-order valence-electron chi connectivity index (χ4n) is 3.48. The van der Waals surface area contributed by atoms with Gasteiger partial charge in [-0.15, -0.1) is 0 Å². The van der Waals surface area contributed by atoms with Crippen LogP contribution >= 0.6 is 0 Å². The second-order valence-electron chi connectivity index (χ2n) is 7.55. The third kappa shape index (κ3) is 6.26. The molecule has 168 valence electrons. The molecule has 0 unspecified atom stereocenters. The summed E-state index contributed by atoms with van der Waals surface area (Å²) in [6.45, 7) is 4.25. The van der Waals surface area contributed by atoms with E-state index in [9.17, 15) is 18.0 Å². The van der Waals surface area contributed by atoms with Gasteiger partial charge in [0, 0.05) is 38.9 Å². The minimum absolute atomic E-state index is 0.0148. The van der Waals surface area contributed by atoms with Crippen molar-refractivity contribution in [1.29, 1.82) is 0 Å². The highest BCUT2D eigenvalue weighted by molar-refractivity contribution is 5.74. The van der Waals surface area contributed by atoms with Crippen LogP contribution in [0.1, 0.15) is 30.9 Å². The molecule has 1 fully saturated rings. The highest BCUT2D eigenvalue weighted by Crippen LogP contribution is 2.29. The van der Waals surface area contributed by atoms with E-state index in [0.717, 1.165) is 23.6 Å². The Balaban J connectivity index is 1.46. The van der Waals surface area contributed by atoms with Crippen LogP contribution in [0.5, 0.6) is 5.75 Å². The number of hydrogen-bond donors (Lipinski definition) is 1. The van der Waals surface area contributed by atoms with Gasteiger partial charge in [0.05, 0.1) is 12.2 Å². The maximum absolute atomic E-state index is 12.7. The zero-order chi connectivity index (χ0) is 22.4. The molecule has 1 N–H and O–H groups in total. The molecule has 0 atom stereocenters. The van der Waals surface area contributed by atoms with Crippen LogP contribution in [0, 0.1) is 0 Å². The van der Waals surface area contributed by atoms with Crippen molar-refractivity contribution in [3.63, 3.8) is 0 Å². The minimum atomic E-state index is -4.39. The van der Waals surface area contributed by atoms with E-state index in [1.165, 1.54) is 6.07 Å². The number of pyridine rings is 1. The summed E-state index contributed by atoms with van der Waals surface area (Å²) in [7, 11) is 1.74. The van der Waals surface area contributed by atoms with Crippen molar-refractivity contribution < 1.29 is 22.7 Å². The Hall–Kier alpha value is -2.97. The van der Waals surface area contributed by atoms with Gasteiger partial charge < -0.3 is 19.9 Å². The molecule has 31 heavy (non-hydrogen) atoms. The molecule has 0 aliphatic carbocycles. The molecule has 3 rings (SSSR count). The van der Waals surface area contributed by atoms with Gasteiger partial charge in [-0.1, -0.05) is 12.1 Å². The number of nitrogens with one attached hydrogen (secondary N) is 1. The van der Waals surface area contributed by atoms with E-state index < -0.39 is 11.7 Å². The van der Waals surface area contributed by atoms with Crippen LogP contribution in [0.4, 0.5) is 23.8 Å². The number of carbonyl (C=O) groups is 1. The summed E-state index contributed by atoms with van der Waals surface area (Å²) in [5.74, 6) is 1.32. The number of anilines is 1. The van der Waals surface area contributed by atoms with Gasteiger partial charge in [0.25, 0.3) is 0 Å². The Bertz CT molecular complexity index is 849. The summed E-state index contributed by atoms with van der Waals surface area (Å²) < 4.78 is 43.5. The highest BCUT2D eigenvalue weighted by Gasteiger charge is 2.31. The maximum Gasteiger partial charge on any atom is 0.417 e. The number of urea groups is 1. The molecule has 6 nitrogen and oxygen atoms in total. The number of alkyl halides is 3. The summed E-state index contributed by atoms with van der Waals surface area (Å²) in [6.07, 6.45) is -2.13. The van der Waals surface area contributed by atoms with Crippen molar-refractivity contribution in [1.82, 2.24) is 15.2 Å². The lowest BCUT2D eigenvalue weighted by atomic mass is 10.1. The van der Waals surface area contributed by atoms with Crippen LogP contribution in [0.3, 0.4) is 0 Å². The van der Waals surface area contributed by atoms with Crippen molar-refractivity contribution >= 4 is 11.8 Å². The van der Waals surface area contributed by atoms with E-state index in [-0.39, 0.29) is 12.1 Å². The Labute approximate surface area is 180 Å². The first-order valence-electron chi connectivity index (χ1n) is 10.3. The molecule has 2 heterocycles. The zero-order valence-corrected chi connectivity index (χ0v) is 17.7. The first-order chi connectivity index (χ1) is 14.8. The monoisotopic (exact) mass is 436 g/mol. The topological polar surface area (TPSA) is 57.7 Å². The van der Waals surface area contributed by atoms with Gasteiger partial charge in [0.1, 0.15) is 11.6 Å². The SMILES string of the molecule is CCOc1ccc(CN(C)C(=O)NC2CCN(c3ccc(C(F)(F)F)cn3)CC2)cc1. The predicted octanol–water partition coefficient (Wildman–Crippen LogP) is 4.31. The molecular weight excluding hydrogens is 409 g/mol. The van der Waals surface area contributed by atoms with Crippen molar-refractivity contribution in [2.24, 2.45) is 0 Å². The van der Waals surface area contributed by atoms with E-state index in [1.807, 2.05) is 36.1 Å². The molecule has 1 saturated heterocycles. The van der Waals surface area contributed by atoms with Gasteiger partial charge >= 0.3 is 12.2 Å². The van der Waals surface area contributed by atoms with E-state index in [0.29, 0.717) is 44.9 Å². The molecule has 0 saturated carbocycles. The lowest BCUT2D eigenvalue weighted by Crippen LogP contribution is -2.48. The van der Waals surface area contributed by atoms with Gasteiger partial charge in [0.15, 0.2) is 0 Å². The Kier molecular flexibility index (Phi) is 7.25. The Morgan fingerprint density at radius 2 is 1.87 bits per heavy atom. The van der Waals surface area contributed by atoms with Crippen molar-refractivity contribution in [3.8, 4) is 5.75 Å². The molecule has 2 aromatic rings. The number of carbonyl (C=O) groups excluding carboxylic acids is 1. The van der Waals surface area contributed by atoms with E-state index >= 15 is 0 Å². The molecule has 1 aromatic heterocycles.